The molecule has 0 unspecified atom stereocenters. The third-order valence-corrected chi connectivity index (χ3v) is 7.00. The minimum absolute atomic E-state index is 0.148. The molecule has 1 saturated carbocycles. The van der Waals surface area contributed by atoms with Gasteiger partial charge in [0, 0.05) is 30.4 Å². The van der Waals surface area contributed by atoms with Crippen molar-refractivity contribution in [2.75, 3.05) is 18.0 Å². The van der Waals surface area contributed by atoms with Crippen LogP contribution in [0.1, 0.15) is 77.7 Å². The lowest BCUT2D eigenvalue weighted by Crippen LogP contribution is -2.31. The number of benzene rings is 1. The number of carbonyl (C=O) groups excluding carboxylic acids is 1. The Morgan fingerprint density at radius 2 is 1.82 bits per heavy atom. The lowest BCUT2D eigenvalue weighted by atomic mass is 9.92. The normalized spacial score (nSPS) is 17.2. The Kier molecular flexibility index (Phi) is 5.50. The number of thioether (sulfide) groups is 1. The Labute approximate surface area is 171 Å². The Bertz CT molecular complexity index is 894. The quantitative estimate of drug-likeness (QED) is 0.505. The molecule has 0 bridgehead atoms. The van der Waals surface area contributed by atoms with Crippen LogP contribution in [0.5, 0.6) is 0 Å². The number of hydrogen-bond donors (Lipinski definition) is 0. The fourth-order valence-corrected chi connectivity index (χ4v) is 5.64. The molecule has 0 amide bonds. The number of rotatable bonds is 6. The van der Waals surface area contributed by atoms with Crippen LogP contribution in [0.3, 0.4) is 0 Å². The van der Waals surface area contributed by atoms with Gasteiger partial charge in [-0.15, -0.1) is 10.2 Å². The van der Waals surface area contributed by atoms with Gasteiger partial charge in [-0.2, -0.15) is 0 Å². The average molecular weight is 399 g/mol. The lowest BCUT2D eigenvalue weighted by molar-refractivity contribution is 0.101. The van der Waals surface area contributed by atoms with Gasteiger partial charge in [0.25, 0.3) is 0 Å². The molecule has 1 aromatic heterocycles. The zero-order chi connectivity index (χ0) is 19.8. The van der Waals surface area contributed by atoms with Crippen molar-refractivity contribution < 1.29 is 4.79 Å². The van der Waals surface area contributed by atoms with Gasteiger partial charge in [0.05, 0.1) is 0 Å². The molecule has 0 N–H and O–H groups in total. The Hall–Kier alpha value is -1.82. The summed E-state index contributed by atoms with van der Waals surface area (Å²) in [4.78, 5) is 14.5. The molecule has 4 rings (SSSR count). The molecule has 5 nitrogen and oxygen atoms in total. The number of carbonyl (C=O) groups is 1. The maximum Gasteiger partial charge on any atom is 0.228 e. The van der Waals surface area contributed by atoms with E-state index in [9.17, 15) is 4.79 Å². The maximum atomic E-state index is 12.1. The predicted molar refractivity (Wildman–Crippen MR) is 115 cm³/mol. The van der Waals surface area contributed by atoms with Crippen molar-refractivity contribution in [3.05, 3.63) is 33.9 Å². The minimum atomic E-state index is 0.148. The number of piperidine rings is 1. The van der Waals surface area contributed by atoms with E-state index in [2.05, 4.69) is 39.6 Å². The monoisotopic (exact) mass is 398 g/mol. The van der Waals surface area contributed by atoms with Crippen LogP contribution >= 0.6 is 11.8 Å². The maximum absolute atomic E-state index is 12.1. The highest BCUT2D eigenvalue weighted by atomic mass is 32.2. The molecule has 2 heterocycles. The molecule has 1 aliphatic heterocycles. The molecule has 28 heavy (non-hydrogen) atoms. The Morgan fingerprint density at radius 1 is 1.11 bits per heavy atom. The molecule has 6 heteroatoms. The predicted octanol–water partition coefficient (Wildman–Crippen LogP) is 5.02. The van der Waals surface area contributed by atoms with E-state index in [0.717, 1.165) is 46.6 Å². The van der Waals surface area contributed by atoms with E-state index in [4.69, 9.17) is 0 Å². The summed E-state index contributed by atoms with van der Waals surface area (Å²) >= 11 is 1.76. The summed E-state index contributed by atoms with van der Waals surface area (Å²) in [6, 6.07) is 2.70. The highest BCUT2D eigenvalue weighted by molar-refractivity contribution is 7.98. The van der Waals surface area contributed by atoms with Crippen molar-refractivity contribution >= 4 is 23.5 Å². The van der Waals surface area contributed by atoms with Gasteiger partial charge in [-0.25, -0.2) is 0 Å². The van der Waals surface area contributed by atoms with Crippen LogP contribution in [0.15, 0.2) is 11.2 Å². The molecule has 1 aliphatic carbocycles. The van der Waals surface area contributed by atoms with Crippen LogP contribution in [0, 0.1) is 20.8 Å². The molecule has 1 saturated heterocycles. The van der Waals surface area contributed by atoms with E-state index in [1.165, 1.54) is 43.2 Å². The fraction of sp³-hybridized carbons (Fsp3) is 0.591. The van der Waals surface area contributed by atoms with Crippen LogP contribution in [-0.2, 0) is 5.75 Å². The molecule has 2 aromatic rings. The molecule has 0 radical (unpaired) electrons. The molecule has 0 spiro atoms. The first-order valence-electron chi connectivity index (χ1n) is 10.4. The van der Waals surface area contributed by atoms with Gasteiger partial charge in [0.2, 0.25) is 5.95 Å². The Balaban J connectivity index is 1.60. The zero-order valence-corrected chi connectivity index (χ0v) is 18.2. The number of nitrogens with zero attached hydrogens (tertiary/aromatic N) is 4. The lowest BCUT2D eigenvalue weighted by Gasteiger charge is -2.27. The van der Waals surface area contributed by atoms with E-state index >= 15 is 0 Å². The van der Waals surface area contributed by atoms with Gasteiger partial charge in [0.1, 0.15) is 0 Å². The molecular formula is C22H30N4OS. The number of aromatic nitrogens is 3. The fourth-order valence-electron chi connectivity index (χ4n) is 4.46. The average Bonchev–Trinajstić information content (AvgIpc) is 3.41. The third-order valence-electron chi connectivity index (χ3n) is 6.03. The van der Waals surface area contributed by atoms with Crippen LogP contribution in [0.4, 0.5) is 5.95 Å². The SMILES string of the molecule is CC(=O)c1c(C)cc(C)c(CSc2nnc(N3CCCCC3)n2C2CC2)c1C. The van der Waals surface area contributed by atoms with Crippen LogP contribution in [-0.4, -0.2) is 33.6 Å². The summed E-state index contributed by atoms with van der Waals surface area (Å²) in [5, 5.41) is 10.2. The standard InChI is InChI=1S/C22H30N4OS/c1-14-12-15(2)20(17(4)27)16(3)19(14)13-28-22-24-23-21(26(22)18-8-9-18)25-10-6-5-7-11-25/h12,18H,5-11,13H2,1-4H3. The minimum Gasteiger partial charge on any atom is -0.341 e. The largest absolute Gasteiger partial charge is 0.341 e. The summed E-state index contributed by atoms with van der Waals surface area (Å²) in [5.41, 5.74) is 5.57. The van der Waals surface area contributed by atoms with Crippen molar-refractivity contribution in [1.82, 2.24) is 14.8 Å². The molecule has 0 atom stereocenters. The Morgan fingerprint density at radius 3 is 2.46 bits per heavy atom. The van der Waals surface area contributed by atoms with E-state index in [1.807, 2.05) is 6.92 Å². The summed E-state index contributed by atoms with van der Waals surface area (Å²) in [5.74, 6) is 2.03. The topological polar surface area (TPSA) is 51.0 Å². The summed E-state index contributed by atoms with van der Waals surface area (Å²) in [7, 11) is 0. The van der Waals surface area contributed by atoms with Crippen molar-refractivity contribution in [3.8, 4) is 0 Å². The molecular weight excluding hydrogens is 368 g/mol. The first-order chi connectivity index (χ1) is 13.5. The van der Waals surface area contributed by atoms with Gasteiger partial charge in [-0.05, 0) is 82.1 Å². The smallest absolute Gasteiger partial charge is 0.228 e. The van der Waals surface area contributed by atoms with E-state index in [0.29, 0.717) is 6.04 Å². The highest BCUT2D eigenvalue weighted by Gasteiger charge is 2.32. The van der Waals surface area contributed by atoms with Crippen LogP contribution in [0.2, 0.25) is 0 Å². The second-order valence-electron chi connectivity index (χ2n) is 8.27. The number of ketones is 1. The van der Waals surface area contributed by atoms with E-state index in [-0.39, 0.29) is 5.78 Å². The van der Waals surface area contributed by atoms with E-state index < -0.39 is 0 Å². The zero-order valence-electron chi connectivity index (χ0n) is 17.4. The number of aryl methyl sites for hydroxylation is 2. The highest BCUT2D eigenvalue weighted by Crippen LogP contribution is 2.42. The van der Waals surface area contributed by atoms with Gasteiger partial charge >= 0.3 is 0 Å². The molecule has 1 aromatic carbocycles. The summed E-state index contributed by atoms with van der Waals surface area (Å²) < 4.78 is 2.38. The second-order valence-corrected chi connectivity index (χ2v) is 9.21. The van der Waals surface area contributed by atoms with Gasteiger partial charge in [-0.1, -0.05) is 17.8 Å². The first kappa shape index (κ1) is 19.5. The van der Waals surface area contributed by atoms with Crippen molar-refractivity contribution in [2.24, 2.45) is 0 Å². The van der Waals surface area contributed by atoms with Gasteiger partial charge in [-0.3, -0.25) is 9.36 Å². The number of anilines is 1. The third kappa shape index (κ3) is 3.71. The van der Waals surface area contributed by atoms with Crippen LogP contribution in [0.25, 0.3) is 0 Å². The summed E-state index contributed by atoms with van der Waals surface area (Å²) in [6.07, 6.45) is 6.26. The second kappa shape index (κ2) is 7.90. The number of Topliss-reactive ketones (excluding diaryl/α,β-unsaturated/α-hetero) is 1. The first-order valence-corrected chi connectivity index (χ1v) is 11.4. The van der Waals surface area contributed by atoms with Gasteiger partial charge < -0.3 is 4.90 Å². The molecule has 150 valence electrons. The number of hydrogen-bond acceptors (Lipinski definition) is 5. The summed E-state index contributed by atoms with van der Waals surface area (Å²) in [6.45, 7) is 10.1. The van der Waals surface area contributed by atoms with E-state index in [1.54, 1.807) is 18.7 Å². The van der Waals surface area contributed by atoms with Crippen molar-refractivity contribution in [1.29, 1.82) is 0 Å². The molecule has 2 aliphatic rings. The molecule has 2 fully saturated rings. The van der Waals surface area contributed by atoms with Crippen molar-refractivity contribution in [2.45, 2.75) is 76.8 Å². The van der Waals surface area contributed by atoms with Gasteiger partial charge in [0.15, 0.2) is 10.9 Å². The van der Waals surface area contributed by atoms with Crippen LogP contribution < -0.4 is 4.90 Å². The van der Waals surface area contributed by atoms with Crippen molar-refractivity contribution in [3.63, 3.8) is 0 Å².